The monoisotopic (exact) mass is 356 g/mol. The lowest BCUT2D eigenvalue weighted by molar-refractivity contribution is -0.137. The summed E-state index contributed by atoms with van der Waals surface area (Å²) in [5.41, 5.74) is 0.356. The van der Waals surface area contributed by atoms with Crippen LogP contribution in [0.25, 0.3) is 11.0 Å². The Morgan fingerprint density at radius 1 is 1.27 bits per heavy atom. The van der Waals surface area contributed by atoms with Crippen LogP contribution < -0.4 is 5.56 Å². The van der Waals surface area contributed by atoms with E-state index >= 15 is 0 Å². The highest BCUT2D eigenvalue weighted by molar-refractivity contribution is 5.80. The van der Waals surface area contributed by atoms with Gasteiger partial charge in [0.1, 0.15) is 12.1 Å². The largest absolute Gasteiger partial charge is 0.439 e. The molecule has 2 saturated heterocycles. The van der Waals surface area contributed by atoms with Crippen molar-refractivity contribution in [2.24, 2.45) is 0 Å². The molecule has 1 spiro atoms. The van der Waals surface area contributed by atoms with Crippen molar-refractivity contribution < 1.29 is 14.3 Å². The predicted octanol–water partition coefficient (Wildman–Crippen LogP) is 0.840. The van der Waals surface area contributed by atoms with Crippen LogP contribution in [0.3, 0.4) is 0 Å². The highest BCUT2D eigenvalue weighted by Crippen LogP contribution is 2.31. The second-order valence-corrected chi connectivity index (χ2v) is 7.00. The first kappa shape index (κ1) is 16.6. The van der Waals surface area contributed by atoms with Crippen LogP contribution in [-0.4, -0.2) is 63.6 Å². The first-order chi connectivity index (χ1) is 12.5. The maximum absolute atomic E-state index is 12.9. The van der Waals surface area contributed by atoms with E-state index in [1.807, 2.05) is 12.1 Å². The minimum Gasteiger partial charge on any atom is -0.439 e. The number of nitrogens with zero attached hydrogens (tertiary/aromatic N) is 4. The summed E-state index contributed by atoms with van der Waals surface area (Å²) in [6.07, 6.45) is 2.39. The van der Waals surface area contributed by atoms with E-state index in [0.717, 1.165) is 12.8 Å². The summed E-state index contributed by atoms with van der Waals surface area (Å²) in [5.74, 6) is -0.159. The lowest BCUT2D eigenvalue weighted by atomic mass is 9.92. The van der Waals surface area contributed by atoms with Crippen molar-refractivity contribution in [3.63, 3.8) is 0 Å². The molecule has 3 heterocycles. The molecule has 2 aliphatic heterocycles. The van der Waals surface area contributed by atoms with E-state index in [1.54, 1.807) is 24.1 Å². The summed E-state index contributed by atoms with van der Waals surface area (Å²) in [4.78, 5) is 44.2. The van der Waals surface area contributed by atoms with E-state index in [1.165, 1.54) is 15.7 Å². The Kier molecular flexibility index (Phi) is 3.90. The smallest absolute Gasteiger partial charge is 0.410 e. The molecule has 2 fully saturated rings. The summed E-state index contributed by atoms with van der Waals surface area (Å²) in [6, 6.07) is 7.24. The molecule has 0 radical (unpaired) electrons. The number of carbonyl (C=O) groups excluding carboxylic acids is 2. The van der Waals surface area contributed by atoms with E-state index in [2.05, 4.69) is 4.98 Å². The molecule has 1 atom stereocenters. The Hall–Kier alpha value is -2.90. The van der Waals surface area contributed by atoms with Gasteiger partial charge >= 0.3 is 6.09 Å². The van der Waals surface area contributed by atoms with Crippen LogP contribution in [0.2, 0.25) is 0 Å². The second-order valence-electron chi connectivity index (χ2n) is 7.00. The van der Waals surface area contributed by atoms with Gasteiger partial charge in [-0.1, -0.05) is 12.1 Å². The third kappa shape index (κ3) is 2.81. The molecular formula is C18H20N4O4. The summed E-state index contributed by atoms with van der Waals surface area (Å²) in [7, 11) is 1.69. The van der Waals surface area contributed by atoms with E-state index in [0.29, 0.717) is 30.7 Å². The average molecular weight is 356 g/mol. The van der Waals surface area contributed by atoms with Gasteiger partial charge in [0.2, 0.25) is 5.91 Å². The number of likely N-dealkylation sites (N-methyl/N-ethyl adjacent to an activating group) is 1. The minimum absolute atomic E-state index is 0.0538. The molecule has 26 heavy (non-hydrogen) atoms. The summed E-state index contributed by atoms with van der Waals surface area (Å²) in [6.45, 7) is 1.38. The zero-order valence-electron chi connectivity index (χ0n) is 14.6. The fraction of sp³-hybridized carbons (Fsp3) is 0.444. The Labute approximate surface area is 150 Å². The van der Waals surface area contributed by atoms with Gasteiger partial charge in [-0.2, -0.15) is 0 Å². The Bertz CT molecular complexity index is 940. The fourth-order valence-electron chi connectivity index (χ4n) is 3.83. The SMILES string of the molecule is CN1CC2(CCCN(C(=O)Cn3c(=O)cnc4ccccc43)C2)OC1=O. The predicted molar refractivity (Wildman–Crippen MR) is 93.7 cm³/mol. The number of hydrogen-bond donors (Lipinski definition) is 0. The highest BCUT2D eigenvalue weighted by atomic mass is 16.6. The lowest BCUT2D eigenvalue weighted by Gasteiger charge is -2.38. The van der Waals surface area contributed by atoms with Crippen LogP contribution in [-0.2, 0) is 16.1 Å². The van der Waals surface area contributed by atoms with Gasteiger partial charge in [-0.15, -0.1) is 0 Å². The molecule has 2 aliphatic rings. The Morgan fingerprint density at radius 3 is 2.85 bits per heavy atom. The van der Waals surface area contributed by atoms with Gasteiger partial charge in [-0.3, -0.25) is 14.2 Å². The first-order valence-electron chi connectivity index (χ1n) is 8.64. The number of benzene rings is 1. The molecule has 1 aromatic heterocycles. The van der Waals surface area contributed by atoms with Crippen LogP contribution in [0.4, 0.5) is 4.79 Å². The molecular weight excluding hydrogens is 336 g/mol. The van der Waals surface area contributed by atoms with Gasteiger partial charge in [0.15, 0.2) is 0 Å². The van der Waals surface area contributed by atoms with Crippen molar-refractivity contribution >= 4 is 23.0 Å². The van der Waals surface area contributed by atoms with Crippen molar-refractivity contribution in [2.45, 2.75) is 25.0 Å². The molecule has 0 bridgehead atoms. The molecule has 8 heteroatoms. The van der Waals surface area contributed by atoms with E-state index in [9.17, 15) is 14.4 Å². The van der Waals surface area contributed by atoms with Gasteiger partial charge < -0.3 is 14.5 Å². The minimum atomic E-state index is -0.634. The number of para-hydroxylation sites is 2. The van der Waals surface area contributed by atoms with Gasteiger partial charge in [0.05, 0.1) is 30.3 Å². The van der Waals surface area contributed by atoms with Crippen LogP contribution in [0.1, 0.15) is 12.8 Å². The van der Waals surface area contributed by atoms with Gasteiger partial charge in [-0.05, 0) is 25.0 Å². The third-order valence-electron chi connectivity index (χ3n) is 5.08. The molecule has 0 aliphatic carbocycles. The summed E-state index contributed by atoms with van der Waals surface area (Å²) < 4.78 is 6.98. The molecule has 2 aromatic rings. The van der Waals surface area contributed by atoms with Crippen LogP contribution >= 0.6 is 0 Å². The Morgan fingerprint density at radius 2 is 2.08 bits per heavy atom. The van der Waals surface area contributed by atoms with E-state index in [4.69, 9.17) is 4.74 Å². The van der Waals surface area contributed by atoms with Crippen molar-refractivity contribution in [1.29, 1.82) is 0 Å². The molecule has 2 amide bonds. The number of carbonyl (C=O) groups is 2. The van der Waals surface area contributed by atoms with Crippen LogP contribution in [0.15, 0.2) is 35.3 Å². The number of piperidine rings is 1. The zero-order valence-corrected chi connectivity index (χ0v) is 14.6. The zero-order chi connectivity index (χ0) is 18.3. The number of fused-ring (bicyclic) bond motifs is 1. The molecule has 136 valence electrons. The lowest BCUT2D eigenvalue weighted by Crippen LogP contribution is -2.53. The molecule has 4 rings (SSSR count). The van der Waals surface area contributed by atoms with E-state index < -0.39 is 5.60 Å². The highest BCUT2D eigenvalue weighted by Gasteiger charge is 2.47. The maximum Gasteiger partial charge on any atom is 0.410 e. The topological polar surface area (TPSA) is 84.7 Å². The average Bonchev–Trinajstić information content (AvgIpc) is 2.90. The van der Waals surface area contributed by atoms with Crippen LogP contribution in [0, 0.1) is 0 Å². The number of aromatic nitrogens is 2. The maximum atomic E-state index is 12.9. The number of rotatable bonds is 2. The number of hydrogen-bond acceptors (Lipinski definition) is 5. The number of likely N-dealkylation sites (tertiary alicyclic amines) is 1. The van der Waals surface area contributed by atoms with Crippen molar-refractivity contribution in [3.05, 3.63) is 40.8 Å². The first-order valence-corrected chi connectivity index (χ1v) is 8.64. The molecule has 1 aromatic carbocycles. The van der Waals surface area contributed by atoms with Crippen molar-refractivity contribution in [3.8, 4) is 0 Å². The quantitative estimate of drug-likeness (QED) is 0.796. The normalized spacial score (nSPS) is 22.9. The van der Waals surface area contributed by atoms with Crippen molar-refractivity contribution in [2.75, 3.05) is 26.7 Å². The molecule has 0 N–H and O–H groups in total. The van der Waals surface area contributed by atoms with Gasteiger partial charge in [0.25, 0.3) is 5.56 Å². The van der Waals surface area contributed by atoms with Crippen molar-refractivity contribution in [1.82, 2.24) is 19.4 Å². The molecule has 1 unspecified atom stereocenters. The van der Waals surface area contributed by atoms with Gasteiger partial charge in [-0.25, -0.2) is 9.78 Å². The summed E-state index contributed by atoms with van der Waals surface area (Å²) in [5, 5.41) is 0. The van der Waals surface area contributed by atoms with E-state index in [-0.39, 0.29) is 24.1 Å². The molecule has 8 nitrogen and oxygen atoms in total. The molecule has 0 saturated carbocycles. The standard InChI is InChI=1S/C18H20N4O4/c1-20-11-18(26-17(20)25)7-4-8-21(12-18)16(24)10-22-14-6-3-2-5-13(14)19-9-15(22)23/h2-3,5-6,9H,4,7-8,10-12H2,1H3. The fourth-order valence-corrected chi connectivity index (χ4v) is 3.83. The number of amides is 2. The third-order valence-corrected chi connectivity index (χ3v) is 5.08. The second kappa shape index (κ2) is 6.12. The Balaban J connectivity index is 1.57. The van der Waals surface area contributed by atoms with Crippen LogP contribution in [0.5, 0.6) is 0 Å². The number of ether oxygens (including phenoxy) is 1. The summed E-state index contributed by atoms with van der Waals surface area (Å²) >= 11 is 0. The van der Waals surface area contributed by atoms with Gasteiger partial charge in [0, 0.05) is 13.6 Å².